The molecule has 0 bridgehead atoms. The van der Waals surface area contributed by atoms with Gasteiger partial charge in [-0.3, -0.25) is 19.5 Å². The van der Waals surface area contributed by atoms with Gasteiger partial charge in [0, 0.05) is 12.1 Å². The number of aliphatic carboxylic acids is 1. The van der Waals surface area contributed by atoms with Crippen LogP contribution in [0.5, 0.6) is 0 Å². The average Bonchev–Trinajstić information content (AvgIpc) is 2.88. The van der Waals surface area contributed by atoms with E-state index in [1.165, 1.54) is 6.42 Å². The number of carboxylic acid groups (broad SMARTS) is 1. The van der Waals surface area contributed by atoms with E-state index in [4.69, 9.17) is 5.11 Å². The van der Waals surface area contributed by atoms with Crippen LogP contribution in [0.15, 0.2) is 12.1 Å². The minimum absolute atomic E-state index is 0.239. The predicted octanol–water partition coefficient (Wildman–Crippen LogP) is 1.29. The average molecular weight is 305 g/mol. The summed E-state index contributed by atoms with van der Waals surface area (Å²) in [5.74, 6) is -1.27. The zero-order chi connectivity index (χ0) is 16.1. The molecule has 1 fully saturated rings. The summed E-state index contributed by atoms with van der Waals surface area (Å²) in [6.07, 6.45) is 3.18. The number of aryl methyl sites for hydroxylation is 2. The molecule has 1 amide bonds. The van der Waals surface area contributed by atoms with Crippen LogP contribution in [0.2, 0.25) is 0 Å². The van der Waals surface area contributed by atoms with E-state index in [0.29, 0.717) is 12.5 Å². The van der Waals surface area contributed by atoms with E-state index in [-0.39, 0.29) is 18.9 Å². The van der Waals surface area contributed by atoms with Crippen molar-refractivity contribution in [3.8, 4) is 0 Å². The molecule has 0 spiro atoms. The van der Waals surface area contributed by atoms with Crippen molar-refractivity contribution >= 4 is 11.9 Å². The standard InChI is InChI=1S/C16H23N3O3/c1-11-8-12(5-6-15(20)17-10-16(21)22)9-13(18-11)14-4-3-7-19(14)2/h8-9,14H,3-7,10H2,1-2H3,(H,17,20)(H,21,22)/t14-/m0/s1. The van der Waals surface area contributed by atoms with Gasteiger partial charge < -0.3 is 10.4 Å². The smallest absolute Gasteiger partial charge is 0.322 e. The Bertz CT molecular complexity index is 560. The van der Waals surface area contributed by atoms with Gasteiger partial charge >= 0.3 is 5.97 Å². The molecule has 1 aliphatic heterocycles. The van der Waals surface area contributed by atoms with Crippen LogP contribution in [-0.4, -0.2) is 47.0 Å². The Morgan fingerprint density at radius 1 is 1.45 bits per heavy atom. The van der Waals surface area contributed by atoms with Crippen LogP contribution in [0.4, 0.5) is 0 Å². The van der Waals surface area contributed by atoms with Gasteiger partial charge in [0.15, 0.2) is 0 Å². The second-order valence-electron chi connectivity index (χ2n) is 5.85. The first-order valence-electron chi connectivity index (χ1n) is 7.62. The molecule has 0 radical (unpaired) electrons. The van der Waals surface area contributed by atoms with Gasteiger partial charge in [-0.1, -0.05) is 0 Å². The van der Waals surface area contributed by atoms with Gasteiger partial charge in [0.2, 0.25) is 5.91 Å². The normalized spacial score (nSPS) is 18.4. The number of likely N-dealkylation sites (tertiary alicyclic amines) is 1. The highest BCUT2D eigenvalue weighted by Gasteiger charge is 2.24. The van der Waals surface area contributed by atoms with Gasteiger partial charge in [-0.15, -0.1) is 0 Å². The van der Waals surface area contributed by atoms with Crippen molar-refractivity contribution < 1.29 is 14.7 Å². The molecule has 1 aromatic heterocycles. The second kappa shape index (κ2) is 7.35. The Balaban J connectivity index is 1.98. The number of carbonyl (C=O) groups excluding carboxylic acids is 1. The highest BCUT2D eigenvalue weighted by atomic mass is 16.4. The van der Waals surface area contributed by atoms with Crippen LogP contribution in [0, 0.1) is 6.92 Å². The number of nitrogens with one attached hydrogen (secondary N) is 1. The maximum Gasteiger partial charge on any atom is 0.322 e. The van der Waals surface area contributed by atoms with Gasteiger partial charge in [0.05, 0.1) is 11.7 Å². The molecule has 2 rings (SSSR count). The van der Waals surface area contributed by atoms with E-state index < -0.39 is 5.97 Å². The number of hydrogen-bond donors (Lipinski definition) is 2. The first-order valence-corrected chi connectivity index (χ1v) is 7.62. The number of carbonyl (C=O) groups is 2. The van der Waals surface area contributed by atoms with Crippen molar-refractivity contribution in [1.29, 1.82) is 0 Å². The second-order valence-corrected chi connectivity index (χ2v) is 5.85. The van der Waals surface area contributed by atoms with E-state index >= 15 is 0 Å². The summed E-state index contributed by atoms with van der Waals surface area (Å²) in [6, 6.07) is 4.42. The van der Waals surface area contributed by atoms with Crippen molar-refractivity contribution in [2.75, 3.05) is 20.1 Å². The third kappa shape index (κ3) is 4.53. The number of pyridine rings is 1. The predicted molar refractivity (Wildman–Crippen MR) is 82.5 cm³/mol. The fourth-order valence-corrected chi connectivity index (χ4v) is 2.89. The largest absolute Gasteiger partial charge is 0.480 e. The van der Waals surface area contributed by atoms with E-state index in [0.717, 1.165) is 29.9 Å². The monoisotopic (exact) mass is 305 g/mol. The SMILES string of the molecule is Cc1cc(CCC(=O)NCC(=O)O)cc([C@@H]2CCCN2C)n1. The molecule has 6 nitrogen and oxygen atoms in total. The Labute approximate surface area is 130 Å². The summed E-state index contributed by atoms with van der Waals surface area (Å²) >= 11 is 0. The molecule has 1 atom stereocenters. The summed E-state index contributed by atoms with van der Waals surface area (Å²) in [6.45, 7) is 2.73. The molecular weight excluding hydrogens is 282 g/mol. The van der Waals surface area contributed by atoms with Gasteiger partial charge in [-0.2, -0.15) is 0 Å². The minimum atomic E-state index is -1.03. The lowest BCUT2D eigenvalue weighted by Gasteiger charge is -2.20. The molecule has 0 aliphatic carbocycles. The zero-order valence-corrected chi connectivity index (χ0v) is 13.1. The molecular formula is C16H23N3O3. The molecule has 2 N–H and O–H groups in total. The molecule has 2 heterocycles. The van der Waals surface area contributed by atoms with Crippen LogP contribution in [-0.2, 0) is 16.0 Å². The number of rotatable bonds is 6. The fourth-order valence-electron chi connectivity index (χ4n) is 2.89. The topological polar surface area (TPSA) is 82.5 Å². The van der Waals surface area contributed by atoms with Crippen molar-refractivity contribution in [3.63, 3.8) is 0 Å². The molecule has 0 unspecified atom stereocenters. The van der Waals surface area contributed by atoms with Crippen LogP contribution in [0.25, 0.3) is 0 Å². The van der Waals surface area contributed by atoms with E-state index in [1.54, 1.807) is 0 Å². The maximum absolute atomic E-state index is 11.6. The summed E-state index contributed by atoms with van der Waals surface area (Å²) in [5, 5.41) is 10.9. The van der Waals surface area contributed by atoms with Gasteiger partial charge in [-0.25, -0.2) is 0 Å². The van der Waals surface area contributed by atoms with Gasteiger partial charge in [0.1, 0.15) is 6.54 Å². The fraction of sp³-hybridized carbons (Fsp3) is 0.562. The Morgan fingerprint density at radius 3 is 2.86 bits per heavy atom. The summed E-state index contributed by atoms with van der Waals surface area (Å²) in [5.41, 5.74) is 3.10. The molecule has 1 aliphatic rings. The lowest BCUT2D eigenvalue weighted by Crippen LogP contribution is -2.29. The van der Waals surface area contributed by atoms with E-state index in [9.17, 15) is 9.59 Å². The van der Waals surface area contributed by atoms with E-state index in [1.807, 2.05) is 13.0 Å². The van der Waals surface area contributed by atoms with Crippen LogP contribution < -0.4 is 5.32 Å². The van der Waals surface area contributed by atoms with Gasteiger partial charge in [0.25, 0.3) is 0 Å². The first kappa shape index (κ1) is 16.4. The zero-order valence-electron chi connectivity index (χ0n) is 13.1. The minimum Gasteiger partial charge on any atom is -0.480 e. The lowest BCUT2D eigenvalue weighted by molar-refractivity contribution is -0.137. The van der Waals surface area contributed by atoms with Crippen LogP contribution in [0.1, 0.15) is 42.3 Å². The lowest BCUT2D eigenvalue weighted by atomic mass is 10.0. The summed E-state index contributed by atoms with van der Waals surface area (Å²) in [4.78, 5) is 29.0. The molecule has 0 saturated carbocycles. The van der Waals surface area contributed by atoms with Crippen molar-refractivity contribution in [1.82, 2.24) is 15.2 Å². The summed E-state index contributed by atoms with van der Waals surface area (Å²) in [7, 11) is 2.11. The number of aromatic nitrogens is 1. The quantitative estimate of drug-likeness (QED) is 0.827. The molecule has 0 aromatic carbocycles. The highest BCUT2D eigenvalue weighted by Crippen LogP contribution is 2.29. The molecule has 1 aromatic rings. The molecule has 120 valence electrons. The Kier molecular flexibility index (Phi) is 5.49. The third-order valence-electron chi connectivity index (χ3n) is 3.97. The molecule has 6 heteroatoms. The number of carboxylic acids is 1. The Morgan fingerprint density at radius 2 is 2.23 bits per heavy atom. The first-order chi connectivity index (χ1) is 10.5. The van der Waals surface area contributed by atoms with Crippen LogP contribution in [0.3, 0.4) is 0 Å². The van der Waals surface area contributed by atoms with Crippen molar-refractivity contribution in [2.45, 2.75) is 38.6 Å². The number of nitrogens with zero attached hydrogens (tertiary/aromatic N) is 2. The van der Waals surface area contributed by atoms with Gasteiger partial charge in [-0.05, 0) is 57.5 Å². The maximum atomic E-state index is 11.6. The highest BCUT2D eigenvalue weighted by molar-refractivity contribution is 5.81. The summed E-state index contributed by atoms with van der Waals surface area (Å²) < 4.78 is 0. The Hall–Kier alpha value is -1.95. The molecule has 22 heavy (non-hydrogen) atoms. The van der Waals surface area contributed by atoms with Crippen molar-refractivity contribution in [2.24, 2.45) is 0 Å². The number of hydrogen-bond acceptors (Lipinski definition) is 4. The number of amides is 1. The third-order valence-corrected chi connectivity index (χ3v) is 3.97. The molecule has 1 saturated heterocycles. The van der Waals surface area contributed by atoms with Crippen molar-refractivity contribution in [3.05, 3.63) is 29.1 Å². The van der Waals surface area contributed by atoms with E-state index in [2.05, 4.69) is 28.3 Å². The van der Waals surface area contributed by atoms with Crippen LogP contribution >= 0.6 is 0 Å².